The number of rotatable bonds is 3. The number of aromatic nitrogens is 1. The minimum atomic E-state index is -0.498. The molecule has 2 aromatic rings. The molecular formula is C22H27BrN4O3S2. The summed E-state index contributed by atoms with van der Waals surface area (Å²) in [5.74, 6) is -0.0579. The van der Waals surface area contributed by atoms with Crippen molar-refractivity contribution in [3.05, 3.63) is 43.6 Å². The summed E-state index contributed by atoms with van der Waals surface area (Å²) < 4.78 is 6.46. The Morgan fingerprint density at radius 2 is 2.00 bits per heavy atom. The van der Waals surface area contributed by atoms with Gasteiger partial charge in [-0.1, -0.05) is 6.58 Å². The Balaban J connectivity index is 1.37. The number of hydrogen-bond donors (Lipinski definition) is 1. The number of hydrogen-bond acceptors (Lipinski definition) is 7. The first-order valence-electron chi connectivity index (χ1n) is 10.6. The molecule has 10 heteroatoms. The molecule has 2 aliphatic rings. The fraction of sp³-hybridized carbons (Fsp3) is 0.500. The van der Waals surface area contributed by atoms with Crippen molar-refractivity contribution < 1.29 is 14.3 Å². The second-order valence-corrected chi connectivity index (χ2v) is 12.5. The maximum absolute atomic E-state index is 12.5. The molecule has 2 aliphatic heterocycles. The molecule has 1 saturated heterocycles. The number of halogens is 1. The van der Waals surface area contributed by atoms with Crippen LogP contribution < -0.4 is 10.2 Å². The quantitative estimate of drug-likeness (QED) is 0.605. The van der Waals surface area contributed by atoms with E-state index >= 15 is 0 Å². The summed E-state index contributed by atoms with van der Waals surface area (Å²) in [5.41, 5.74) is 1.50. The van der Waals surface area contributed by atoms with Gasteiger partial charge in [0.1, 0.15) is 5.60 Å². The largest absolute Gasteiger partial charge is 0.444 e. The zero-order valence-electron chi connectivity index (χ0n) is 18.4. The number of nitrogens with one attached hydrogen (secondary N) is 1. The van der Waals surface area contributed by atoms with Gasteiger partial charge in [0.2, 0.25) is 0 Å². The number of anilines is 1. The first-order valence-corrected chi connectivity index (χ1v) is 13.0. The average Bonchev–Trinajstić information content (AvgIpc) is 3.36. The van der Waals surface area contributed by atoms with E-state index in [0.717, 1.165) is 26.7 Å². The highest BCUT2D eigenvalue weighted by atomic mass is 79.9. The lowest BCUT2D eigenvalue weighted by Crippen LogP contribution is -2.38. The van der Waals surface area contributed by atoms with Gasteiger partial charge in [0.25, 0.3) is 5.91 Å². The lowest BCUT2D eigenvalue weighted by molar-refractivity contribution is 0.0258. The highest BCUT2D eigenvalue weighted by Gasteiger charge is 2.32. The third-order valence-electron chi connectivity index (χ3n) is 5.28. The number of nitrogens with zero attached hydrogens (tertiary/aromatic N) is 3. The molecule has 32 heavy (non-hydrogen) atoms. The highest BCUT2D eigenvalue weighted by molar-refractivity contribution is 9.11. The van der Waals surface area contributed by atoms with Gasteiger partial charge < -0.3 is 19.9 Å². The Bertz CT molecular complexity index is 1020. The van der Waals surface area contributed by atoms with E-state index in [0.29, 0.717) is 37.4 Å². The van der Waals surface area contributed by atoms with Crippen LogP contribution in [0.15, 0.2) is 28.2 Å². The van der Waals surface area contributed by atoms with Crippen LogP contribution in [0.1, 0.15) is 47.4 Å². The Morgan fingerprint density at radius 1 is 1.25 bits per heavy atom. The normalized spacial score (nSPS) is 19.0. The summed E-state index contributed by atoms with van der Waals surface area (Å²) in [7, 11) is 0. The molecule has 1 N–H and O–H groups in total. The van der Waals surface area contributed by atoms with Crippen LogP contribution in [0.2, 0.25) is 0 Å². The van der Waals surface area contributed by atoms with Crippen LogP contribution in [0, 0.1) is 0 Å². The number of fused-ring (bicyclic) bond motifs is 1. The summed E-state index contributed by atoms with van der Waals surface area (Å²) in [5, 5.41) is 4.03. The average molecular weight is 540 g/mol. The fourth-order valence-electron chi connectivity index (χ4n) is 3.79. The van der Waals surface area contributed by atoms with Gasteiger partial charge in [0.05, 0.1) is 20.4 Å². The van der Waals surface area contributed by atoms with Gasteiger partial charge in [0.15, 0.2) is 5.13 Å². The molecule has 0 aromatic carbocycles. The third kappa shape index (κ3) is 5.35. The maximum Gasteiger partial charge on any atom is 0.410 e. The molecule has 0 bridgehead atoms. The second kappa shape index (κ2) is 9.15. The summed E-state index contributed by atoms with van der Waals surface area (Å²) in [6.45, 7) is 11.7. The second-order valence-electron chi connectivity index (χ2n) is 8.99. The maximum atomic E-state index is 12.5. The van der Waals surface area contributed by atoms with Crippen molar-refractivity contribution in [3.63, 3.8) is 0 Å². The molecule has 4 rings (SSSR count). The van der Waals surface area contributed by atoms with Gasteiger partial charge >= 0.3 is 6.09 Å². The van der Waals surface area contributed by atoms with E-state index in [1.807, 2.05) is 32.9 Å². The summed E-state index contributed by atoms with van der Waals surface area (Å²) in [4.78, 5) is 35.6. The number of thiophene rings is 1. The SMILES string of the molecule is C=C1C[C@@H](NC(=O)c2ccc(Br)s2)CN1c1nc2c(s1)CCN(C(=O)OC(C)(C)C)CC2. The molecule has 2 aromatic heterocycles. The van der Waals surface area contributed by atoms with Crippen molar-refractivity contribution in [1.82, 2.24) is 15.2 Å². The van der Waals surface area contributed by atoms with Crippen LogP contribution in [-0.4, -0.2) is 53.2 Å². The zero-order chi connectivity index (χ0) is 23.0. The van der Waals surface area contributed by atoms with Gasteiger partial charge in [-0.15, -0.1) is 22.7 Å². The summed E-state index contributed by atoms with van der Waals surface area (Å²) in [6, 6.07) is 3.71. The van der Waals surface area contributed by atoms with Crippen LogP contribution in [0.5, 0.6) is 0 Å². The van der Waals surface area contributed by atoms with Crippen molar-refractivity contribution in [2.45, 2.75) is 51.7 Å². The van der Waals surface area contributed by atoms with Crippen LogP contribution in [0.25, 0.3) is 0 Å². The van der Waals surface area contributed by atoms with E-state index in [1.54, 1.807) is 16.2 Å². The van der Waals surface area contributed by atoms with Gasteiger partial charge in [-0.3, -0.25) is 4.79 Å². The predicted octanol–water partition coefficient (Wildman–Crippen LogP) is 4.83. The Hall–Kier alpha value is -1.91. The Kier molecular flexibility index (Phi) is 6.65. The Morgan fingerprint density at radius 3 is 2.69 bits per heavy atom. The molecule has 0 saturated carbocycles. The van der Waals surface area contributed by atoms with Crippen molar-refractivity contribution in [2.75, 3.05) is 24.5 Å². The highest BCUT2D eigenvalue weighted by Crippen LogP contribution is 2.35. The van der Waals surface area contributed by atoms with Crippen molar-refractivity contribution >= 4 is 55.7 Å². The number of carbonyl (C=O) groups is 2. The lowest BCUT2D eigenvalue weighted by Gasteiger charge is -2.26. The van der Waals surface area contributed by atoms with Gasteiger partial charge in [-0.25, -0.2) is 9.78 Å². The predicted molar refractivity (Wildman–Crippen MR) is 132 cm³/mol. The number of amides is 2. The molecule has 1 atom stereocenters. The molecule has 2 amide bonds. The monoisotopic (exact) mass is 538 g/mol. The van der Waals surface area contributed by atoms with Crippen molar-refractivity contribution in [3.8, 4) is 0 Å². The van der Waals surface area contributed by atoms with Crippen LogP contribution >= 0.6 is 38.6 Å². The van der Waals surface area contributed by atoms with E-state index < -0.39 is 5.60 Å². The Labute approximate surface area is 204 Å². The zero-order valence-corrected chi connectivity index (χ0v) is 21.7. The molecule has 0 spiro atoms. The lowest BCUT2D eigenvalue weighted by atomic mass is 10.2. The number of thiazole rings is 1. The topological polar surface area (TPSA) is 74.8 Å². The van der Waals surface area contributed by atoms with Crippen molar-refractivity contribution in [2.24, 2.45) is 0 Å². The molecule has 1 fully saturated rings. The fourth-order valence-corrected chi connectivity index (χ4v) is 6.22. The molecule has 0 radical (unpaired) electrons. The number of carbonyl (C=O) groups excluding carboxylic acids is 2. The van der Waals surface area contributed by atoms with E-state index in [4.69, 9.17) is 9.72 Å². The van der Waals surface area contributed by atoms with Crippen LogP contribution in [0.4, 0.5) is 9.93 Å². The van der Waals surface area contributed by atoms with E-state index in [2.05, 4.69) is 32.7 Å². The molecule has 172 valence electrons. The van der Waals surface area contributed by atoms with E-state index in [9.17, 15) is 9.59 Å². The van der Waals surface area contributed by atoms with Crippen molar-refractivity contribution in [1.29, 1.82) is 0 Å². The van der Waals surface area contributed by atoms with Gasteiger partial charge in [0, 0.05) is 49.5 Å². The summed E-state index contributed by atoms with van der Waals surface area (Å²) >= 11 is 6.48. The third-order valence-corrected chi connectivity index (χ3v) is 8.08. The molecule has 0 unspecified atom stereocenters. The van der Waals surface area contributed by atoms with Gasteiger partial charge in [-0.2, -0.15) is 0 Å². The molecule has 7 nitrogen and oxygen atoms in total. The minimum absolute atomic E-state index is 0.00208. The minimum Gasteiger partial charge on any atom is -0.444 e. The van der Waals surface area contributed by atoms with E-state index in [1.165, 1.54) is 16.2 Å². The van der Waals surface area contributed by atoms with Gasteiger partial charge in [-0.05, 0) is 48.8 Å². The number of ether oxygens (including phenoxy) is 1. The van der Waals surface area contributed by atoms with Crippen LogP contribution in [0.3, 0.4) is 0 Å². The first-order chi connectivity index (χ1) is 15.1. The standard InChI is InChI=1S/C22H27BrN4O3S2/c1-13-11-14(24-19(28)17-5-6-18(23)31-17)12-27(13)20-25-15-7-9-26(10-8-16(15)32-20)21(29)30-22(2,3)4/h5-6,14H,1,7-12H2,2-4H3,(H,24,28)/t14-/m1/s1. The van der Waals surface area contributed by atoms with E-state index in [-0.39, 0.29) is 18.0 Å². The molecular weight excluding hydrogens is 512 g/mol. The van der Waals surface area contributed by atoms with Crippen LogP contribution in [-0.2, 0) is 17.6 Å². The smallest absolute Gasteiger partial charge is 0.410 e. The first kappa shape index (κ1) is 23.3. The summed E-state index contributed by atoms with van der Waals surface area (Å²) in [6.07, 6.45) is 1.91. The molecule has 0 aliphatic carbocycles. The molecule has 4 heterocycles.